The van der Waals surface area contributed by atoms with Crippen molar-refractivity contribution in [3.8, 4) is 11.5 Å². The van der Waals surface area contributed by atoms with Gasteiger partial charge in [0.05, 0.1) is 5.02 Å². The topological polar surface area (TPSA) is 44.5 Å². The van der Waals surface area contributed by atoms with Gasteiger partial charge in [-0.25, -0.2) is 0 Å². The Morgan fingerprint density at radius 2 is 1.88 bits per heavy atom. The fourth-order valence-electron chi connectivity index (χ4n) is 2.71. The van der Waals surface area contributed by atoms with Gasteiger partial charge in [-0.1, -0.05) is 24.1 Å². The SMILES string of the molecule is NCC1(c2ccc(Cl)c3c2OCCO3)CCC1. The van der Waals surface area contributed by atoms with Crippen molar-refractivity contribution in [2.24, 2.45) is 5.73 Å². The van der Waals surface area contributed by atoms with Crippen LogP contribution in [0, 0.1) is 0 Å². The highest BCUT2D eigenvalue weighted by Gasteiger charge is 2.41. The third-order valence-corrected chi connectivity index (χ3v) is 4.21. The Morgan fingerprint density at radius 1 is 1.18 bits per heavy atom. The van der Waals surface area contributed by atoms with Gasteiger partial charge in [0.15, 0.2) is 11.5 Å². The van der Waals surface area contributed by atoms with Gasteiger partial charge < -0.3 is 15.2 Å². The van der Waals surface area contributed by atoms with Crippen LogP contribution in [0.4, 0.5) is 0 Å². The maximum absolute atomic E-state index is 6.13. The van der Waals surface area contributed by atoms with Crippen LogP contribution in [0.15, 0.2) is 12.1 Å². The van der Waals surface area contributed by atoms with Crippen molar-refractivity contribution in [2.45, 2.75) is 24.7 Å². The highest BCUT2D eigenvalue weighted by Crippen LogP contribution is 2.51. The number of fused-ring (bicyclic) bond motifs is 1. The van der Waals surface area contributed by atoms with Crippen LogP contribution < -0.4 is 15.2 Å². The minimum atomic E-state index is 0.0787. The number of hydrogen-bond donors (Lipinski definition) is 1. The molecule has 1 fully saturated rings. The summed E-state index contributed by atoms with van der Waals surface area (Å²) in [5, 5.41) is 0.620. The molecule has 0 aromatic heterocycles. The van der Waals surface area contributed by atoms with E-state index < -0.39 is 0 Å². The molecule has 0 unspecified atom stereocenters. The van der Waals surface area contributed by atoms with Crippen LogP contribution in [-0.4, -0.2) is 19.8 Å². The first kappa shape index (κ1) is 11.2. The molecular formula is C13H16ClNO2. The van der Waals surface area contributed by atoms with Crippen LogP contribution in [0.3, 0.4) is 0 Å². The minimum Gasteiger partial charge on any atom is -0.486 e. The zero-order valence-electron chi connectivity index (χ0n) is 9.67. The summed E-state index contributed by atoms with van der Waals surface area (Å²) < 4.78 is 11.4. The van der Waals surface area contributed by atoms with E-state index >= 15 is 0 Å². The summed E-state index contributed by atoms with van der Waals surface area (Å²) >= 11 is 6.13. The smallest absolute Gasteiger partial charge is 0.180 e. The Morgan fingerprint density at radius 3 is 2.47 bits per heavy atom. The van der Waals surface area contributed by atoms with Crippen LogP contribution >= 0.6 is 11.6 Å². The van der Waals surface area contributed by atoms with Gasteiger partial charge in [-0.3, -0.25) is 0 Å². The number of nitrogens with two attached hydrogens (primary N) is 1. The standard InChI is InChI=1S/C13H16ClNO2/c14-10-3-2-9(13(8-15)4-1-5-13)11-12(10)17-7-6-16-11/h2-3H,1,4-8,15H2. The summed E-state index contributed by atoms with van der Waals surface area (Å²) in [7, 11) is 0. The van der Waals surface area contributed by atoms with E-state index in [1.807, 2.05) is 12.1 Å². The molecule has 2 N–H and O–H groups in total. The fraction of sp³-hybridized carbons (Fsp3) is 0.538. The van der Waals surface area contributed by atoms with Gasteiger partial charge in [-0.15, -0.1) is 0 Å². The van der Waals surface area contributed by atoms with Gasteiger partial charge >= 0.3 is 0 Å². The molecule has 3 nitrogen and oxygen atoms in total. The first-order valence-corrected chi connectivity index (χ1v) is 6.43. The van der Waals surface area contributed by atoms with E-state index in [1.54, 1.807) is 0 Å². The van der Waals surface area contributed by atoms with Gasteiger partial charge in [0.25, 0.3) is 0 Å². The molecule has 92 valence electrons. The first-order chi connectivity index (χ1) is 8.27. The van der Waals surface area contributed by atoms with Gasteiger partial charge in [-0.05, 0) is 18.9 Å². The molecule has 1 aliphatic heterocycles. The molecule has 1 aromatic rings. The Bertz CT molecular complexity index is 438. The second kappa shape index (κ2) is 4.07. The van der Waals surface area contributed by atoms with Crippen LogP contribution in [0.1, 0.15) is 24.8 Å². The zero-order chi connectivity index (χ0) is 11.9. The number of ether oxygens (including phenoxy) is 2. The monoisotopic (exact) mass is 253 g/mol. The number of benzene rings is 1. The third-order valence-electron chi connectivity index (χ3n) is 3.91. The lowest BCUT2D eigenvalue weighted by Crippen LogP contribution is -2.42. The third kappa shape index (κ3) is 1.60. The van der Waals surface area contributed by atoms with Crippen molar-refractivity contribution in [1.29, 1.82) is 0 Å². The largest absolute Gasteiger partial charge is 0.486 e. The van der Waals surface area contributed by atoms with Crippen molar-refractivity contribution in [1.82, 2.24) is 0 Å². The number of rotatable bonds is 2. The van der Waals surface area contributed by atoms with Gasteiger partial charge in [-0.2, -0.15) is 0 Å². The maximum Gasteiger partial charge on any atom is 0.180 e. The molecule has 0 atom stereocenters. The predicted octanol–water partition coefficient (Wildman–Crippen LogP) is 2.49. The summed E-state index contributed by atoms with van der Waals surface area (Å²) in [6, 6.07) is 3.93. The van der Waals surface area contributed by atoms with E-state index in [0.717, 1.165) is 18.6 Å². The molecule has 3 rings (SSSR count). The lowest BCUT2D eigenvalue weighted by molar-refractivity contribution is 0.160. The molecular weight excluding hydrogens is 238 g/mol. The molecule has 0 amide bonds. The molecule has 1 saturated carbocycles. The van der Waals surface area contributed by atoms with Crippen molar-refractivity contribution >= 4 is 11.6 Å². The van der Waals surface area contributed by atoms with E-state index in [4.69, 9.17) is 26.8 Å². The molecule has 2 aliphatic rings. The highest BCUT2D eigenvalue weighted by atomic mass is 35.5. The molecule has 1 heterocycles. The van der Waals surface area contributed by atoms with E-state index in [2.05, 4.69) is 0 Å². The minimum absolute atomic E-state index is 0.0787. The number of halogens is 1. The summed E-state index contributed by atoms with van der Waals surface area (Å²) in [5.41, 5.74) is 7.19. The molecule has 0 bridgehead atoms. The van der Waals surface area contributed by atoms with Crippen molar-refractivity contribution in [3.63, 3.8) is 0 Å². The van der Waals surface area contributed by atoms with Crippen LogP contribution in [0.2, 0.25) is 5.02 Å². The second-order valence-corrected chi connectivity index (χ2v) is 5.20. The normalized spacial score (nSPS) is 20.8. The van der Waals surface area contributed by atoms with Crippen molar-refractivity contribution < 1.29 is 9.47 Å². The van der Waals surface area contributed by atoms with Gasteiger partial charge in [0.2, 0.25) is 0 Å². The molecule has 17 heavy (non-hydrogen) atoms. The molecule has 4 heteroatoms. The van der Waals surface area contributed by atoms with Crippen molar-refractivity contribution in [2.75, 3.05) is 19.8 Å². The molecule has 0 radical (unpaired) electrons. The number of hydrogen-bond acceptors (Lipinski definition) is 3. The van der Waals surface area contributed by atoms with Crippen LogP contribution in [0.25, 0.3) is 0 Å². The van der Waals surface area contributed by atoms with Crippen molar-refractivity contribution in [3.05, 3.63) is 22.7 Å². The van der Waals surface area contributed by atoms with Crippen LogP contribution in [0.5, 0.6) is 11.5 Å². The Hall–Kier alpha value is -0.930. The summed E-state index contributed by atoms with van der Waals surface area (Å²) in [5.74, 6) is 1.50. The molecule has 1 aliphatic carbocycles. The summed E-state index contributed by atoms with van der Waals surface area (Å²) in [4.78, 5) is 0. The average molecular weight is 254 g/mol. The Labute approximate surface area is 106 Å². The lowest BCUT2D eigenvalue weighted by atomic mass is 9.64. The predicted molar refractivity (Wildman–Crippen MR) is 67.0 cm³/mol. The molecule has 0 saturated heterocycles. The van der Waals surface area contributed by atoms with E-state index in [1.165, 1.54) is 12.0 Å². The van der Waals surface area contributed by atoms with E-state index in [9.17, 15) is 0 Å². The molecule has 0 spiro atoms. The van der Waals surface area contributed by atoms with E-state index in [-0.39, 0.29) is 5.41 Å². The van der Waals surface area contributed by atoms with Gasteiger partial charge in [0, 0.05) is 17.5 Å². The fourth-order valence-corrected chi connectivity index (χ4v) is 2.91. The quantitative estimate of drug-likeness (QED) is 0.881. The lowest BCUT2D eigenvalue weighted by Gasteiger charge is -2.43. The van der Waals surface area contributed by atoms with Gasteiger partial charge in [0.1, 0.15) is 13.2 Å². The highest BCUT2D eigenvalue weighted by molar-refractivity contribution is 6.32. The molecule has 1 aromatic carbocycles. The Balaban J connectivity index is 2.11. The average Bonchev–Trinajstić information content (AvgIpc) is 2.32. The Kier molecular flexibility index (Phi) is 2.68. The summed E-state index contributed by atoms with van der Waals surface area (Å²) in [6.07, 6.45) is 3.48. The van der Waals surface area contributed by atoms with E-state index in [0.29, 0.717) is 30.5 Å². The second-order valence-electron chi connectivity index (χ2n) is 4.79. The summed E-state index contributed by atoms with van der Waals surface area (Å²) in [6.45, 7) is 1.80. The first-order valence-electron chi connectivity index (χ1n) is 6.05. The van der Waals surface area contributed by atoms with Crippen LogP contribution in [-0.2, 0) is 5.41 Å². The maximum atomic E-state index is 6.13. The zero-order valence-corrected chi connectivity index (χ0v) is 10.4.